The van der Waals surface area contributed by atoms with Crippen LogP contribution in [-0.2, 0) is 18.8 Å². The minimum Gasteiger partial charge on any atom is -0.453 e. The SMILES string of the molecule is COC(=O)N[C@H](C(=O)N1C(c2ncc(-c3ccc(B4OC(C)(C)C(C)(C)O4)cc3)[nH]2)CC2CC21)C(C)C. The highest BCUT2D eigenvalue weighted by Gasteiger charge is 2.56. The number of ether oxygens (including phenoxy) is 1. The fraction of sp³-hybridized carbons (Fsp3) is 0.593. The molecule has 3 unspecified atom stereocenters. The third-order valence-electron chi connectivity index (χ3n) is 8.41. The second-order valence-electron chi connectivity index (χ2n) is 11.8. The molecule has 2 N–H and O–H groups in total. The lowest BCUT2D eigenvalue weighted by Crippen LogP contribution is -2.52. The van der Waals surface area contributed by atoms with E-state index in [-0.39, 0.29) is 35.1 Å². The maximum atomic E-state index is 13.6. The van der Waals surface area contributed by atoms with Crippen LogP contribution in [0.3, 0.4) is 0 Å². The standard InChI is InChI=1S/C27H37BN4O5/c1-15(2)22(31-25(34)35-7)24(33)32-20-12-17(20)13-21(32)23-29-14-19(30-23)16-8-10-18(11-9-16)28-36-26(3,4)27(5,6)37-28/h8-11,14-15,17,20-22H,12-13H2,1-7H3,(H,29,30)(H,31,34)/t17?,20?,21?,22-/m0/s1. The largest absolute Gasteiger partial charge is 0.494 e. The predicted molar refractivity (Wildman–Crippen MR) is 140 cm³/mol. The van der Waals surface area contributed by atoms with Gasteiger partial charge in [0, 0.05) is 6.04 Å². The number of rotatable bonds is 6. The number of amides is 2. The van der Waals surface area contributed by atoms with Gasteiger partial charge in [0.05, 0.1) is 36.2 Å². The van der Waals surface area contributed by atoms with Crippen LogP contribution in [0.25, 0.3) is 11.3 Å². The van der Waals surface area contributed by atoms with Crippen molar-refractivity contribution in [3.05, 3.63) is 36.3 Å². The molecule has 2 amide bonds. The van der Waals surface area contributed by atoms with E-state index in [4.69, 9.17) is 14.0 Å². The molecule has 0 bridgehead atoms. The molecular weight excluding hydrogens is 471 g/mol. The van der Waals surface area contributed by atoms with Gasteiger partial charge in [0.25, 0.3) is 0 Å². The molecule has 1 aliphatic carbocycles. The number of piperidine rings is 1. The van der Waals surface area contributed by atoms with E-state index in [9.17, 15) is 9.59 Å². The summed E-state index contributed by atoms with van der Waals surface area (Å²) in [6.45, 7) is 12.0. The first-order chi connectivity index (χ1) is 17.4. The minimum absolute atomic E-state index is 0.0697. The zero-order chi connectivity index (χ0) is 26.7. The first-order valence-corrected chi connectivity index (χ1v) is 13.1. The number of carbonyl (C=O) groups is 2. The van der Waals surface area contributed by atoms with Crippen molar-refractivity contribution in [3.63, 3.8) is 0 Å². The van der Waals surface area contributed by atoms with Crippen molar-refractivity contribution in [2.45, 2.75) is 83.7 Å². The van der Waals surface area contributed by atoms with E-state index in [2.05, 4.69) is 15.3 Å². The van der Waals surface area contributed by atoms with Crippen LogP contribution in [0.1, 0.15) is 66.3 Å². The predicted octanol–water partition coefficient (Wildman–Crippen LogP) is 3.42. The second kappa shape index (κ2) is 9.17. The van der Waals surface area contributed by atoms with Crippen LogP contribution < -0.4 is 10.8 Å². The molecule has 1 saturated carbocycles. The molecule has 4 atom stereocenters. The number of hydrogen-bond donors (Lipinski definition) is 2. The quantitative estimate of drug-likeness (QED) is 0.580. The monoisotopic (exact) mass is 508 g/mol. The Labute approximate surface area is 218 Å². The molecule has 198 valence electrons. The van der Waals surface area contributed by atoms with E-state index in [0.29, 0.717) is 5.92 Å². The first-order valence-electron chi connectivity index (χ1n) is 13.1. The van der Waals surface area contributed by atoms with E-state index >= 15 is 0 Å². The molecule has 0 radical (unpaired) electrons. The van der Waals surface area contributed by atoms with Crippen molar-refractivity contribution in [1.29, 1.82) is 0 Å². The molecule has 1 aromatic heterocycles. The van der Waals surface area contributed by atoms with Crippen molar-refractivity contribution in [3.8, 4) is 11.3 Å². The Bertz CT molecular complexity index is 1160. The number of imidazole rings is 1. The lowest BCUT2D eigenvalue weighted by Gasteiger charge is -2.32. The van der Waals surface area contributed by atoms with Crippen molar-refractivity contribution in [1.82, 2.24) is 20.2 Å². The van der Waals surface area contributed by atoms with Gasteiger partial charge in [-0.2, -0.15) is 0 Å². The van der Waals surface area contributed by atoms with Crippen LogP contribution in [0, 0.1) is 11.8 Å². The zero-order valence-electron chi connectivity index (χ0n) is 22.7. The summed E-state index contributed by atoms with van der Waals surface area (Å²) in [5, 5.41) is 2.72. The molecule has 0 spiro atoms. The summed E-state index contributed by atoms with van der Waals surface area (Å²) < 4.78 is 17.1. The van der Waals surface area contributed by atoms with Gasteiger partial charge in [0.1, 0.15) is 11.9 Å². The molecule has 2 aromatic rings. The number of fused-ring (bicyclic) bond motifs is 1. The molecule has 37 heavy (non-hydrogen) atoms. The van der Waals surface area contributed by atoms with Gasteiger partial charge >= 0.3 is 13.2 Å². The molecule has 3 fully saturated rings. The number of aromatic amines is 1. The molecule has 3 aliphatic rings. The third kappa shape index (κ3) is 4.65. The molecule has 5 rings (SSSR count). The Morgan fingerprint density at radius 3 is 2.38 bits per heavy atom. The van der Waals surface area contributed by atoms with Gasteiger partial charge in [-0.25, -0.2) is 9.78 Å². The summed E-state index contributed by atoms with van der Waals surface area (Å²) in [4.78, 5) is 35.5. The van der Waals surface area contributed by atoms with Crippen molar-refractivity contribution >= 4 is 24.6 Å². The number of H-pyrrole nitrogens is 1. The third-order valence-corrected chi connectivity index (χ3v) is 8.41. The summed E-state index contributed by atoms with van der Waals surface area (Å²) in [5.74, 6) is 1.10. The number of nitrogens with zero attached hydrogens (tertiary/aromatic N) is 2. The highest BCUT2D eigenvalue weighted by Crippen LogP contribution is 2.53. The highest BCUT2D eigenvalue weighted by molar-refractivity contribution is 6.62. The number of likely N-dealkylation sites (tertiary alicyclic amines) is 1. The molecule has 10 heteroatoms. The van der Waals surface area contributed by atoms with E-state index in [1.807, 2.05) is 76.9 Å². The lowest BCUT2D eigenvalue weighted by atomic mass is 9.79. The van der Waals surface area contributed by atoms with E-state index in [0.717, 1.165) is 35.4 Å². The van der Waals surface area contributed by atoms with Crippen LogP contribution >= 0.6 is 0 Å². The summed E-state index contributed by atoms with van der Waals surface area (Å²) in [7, 11) is 0.896. The molecular formula is C27H37BN4O5. The number of carbonyl (C=O) groups excluding carboxylic acids is 2. The normalized spacial score (nSPS) is 26.2. The van der Waals surface area contributed by atoms with E-state index in [1.54, 1.807) is 0 Å². The second-order valence-corrected chi connectivity index (χ2v) is 11.8. The average molecular weight is 508 g/mol. The number of hydrogen-bond acceptors (Lipinski definition) is 6. The Morgan fingerprint density at radius 1 is 1.14 bits per heavy atom. The molecule has 9 nitrogen and oxygen atoms in total. The van der Waals surface area contributed by atoms with E-state index < -0.39 is 19.3 Å². The zero-order valence-corrected chi connectivity index (χ0v) is 22.7. The number of aromatic nitrogens is 2. The van der Waals surface area contributed by atoms with E-state index in [1.165, 1.54) is 7.11 Å². The molecule has 3 heterocycles. The van der Waals surface area contributed by atoms with Crippen molar-refractivity contribution in [2.75, 3.05) is 7.11 Å². The summed E-state index contributed by atoms with van der Waals surface area (Å²) >= 11 is 0. The average Bonchev–Trinajstić information content (AvgIpc) is 3.17. The van der Waals surface area contributed by atoms with Crippen LogP contribution in [0.2, 0.25) is 0 Å². The Morgan fingerprint density at radius 2 is 1.78 bits per heavy atom. The topological polar surface area (TPSA) is 106 Å². The number of methoxy groups -OCH3 is 1. The Kier molecular flexibility index (Phi) is 6.39. The van der Waals surface area contributed by atoms with Crippen molar-refractivity contribution < 1.29 is 23.6 Å². The fourth-order valence-electron chi connectivity index (χ4n) is 5.33. The maximum absolute atomic E-state index is 13.6. The molecule has 2 saturated heterocycles. The maximum Gasteiger partial charge on any atom is 0.494 e. The number of alkyl carbamates (subject to hydrolysis) is 1. The number of benzene rings is 1. The number of nitrogens with one attached hydrogen (secondary N) is 2. The Hall–Kier alpha value is -2.85. The lowest BCUT2D eigenvalue weighted by molar-refractivity contribution is -0.136. The van der Waals surface area contributed by atoms with Crippen molar-refractivity contribution in [2.24, 2.45) is 11.8 Å². The van der Waals surface area contributed by atoms with Gasteiger partial charge in [-0.15, -0.1) is 0 Å². The molecule has 2 aliphatic heterocycles. The first kappa shape index (κ1) is 25.8. The van der Waals surface area contributed by atoms with Gasteiger partial charge in [0.2, 0.25) is 5.91 Å². The van der Waals surface area contributed by atoms with Gasteiger partial charge in [-0.05, 0) is 63.4 Å². The minimum atomic E-state index is -0.647. The van der Waals surface area contributed by atoms with Gasteiger partial charge < -0.3 is 29.2 Å². The summed E-state index contributed by atoms with van der Waals surface area (Å²) in [5.41, 5.74) is 2.07. The van der Waals surface area contributed by atoms with Gasteiger partial charge in [-0.1, -0.05) is 38.1 Å². The van der Waals surface area contributed by atoms with Crippen LogP contribution in [0.4, 0.5) is 4.79 Å². The van der Waals surface area contributed by atoms with Gasteiger partial charge in [-0.3, -0.25) is 4.79 Å². The molecule has 1 aromatic carbocycles. The fourth-order valence-corrected chi connectivity index (χ4v) is 5.33. The summed E-state index contributed by atoms with van der Waals surface area (Å²) in [6.07, 6.45) is 3.09. The Balaban J connectivity index is 1.32. The van der Waals surface area contributed by atoms with Crippen LogP contribution in [-0.4, -0.2) is 64.4 Å². The van der Waals surface area contributed by atoms with Gasteiger partial charge in [0.15, 0.2) is 0 Å². The highest BCUT2D eigenvalue weighted by atomic mass is 16.7. The van der Waals surface area contributed by atoms with Crippen LogP contribution in [0.15, 0.2) is 30.5 Å². The van der Waals surface area contributed by atoms with Crippen LogP contribution in [0.5, 0.6) is 0 Å². The summed E-state index contributed by atoms with van der Waals surface area (Å²) in [6, 6.07) is 7.50. The smallest absolute Gasteiger partial charge is 0.453 e.